The van der Waals surface area contributed by atoms with Gasteiger partial charge in [-0.1, -0.05) is 104 Å². The van der Waals surface area contributed by atoms with Crippen molar-refractivity contribution < 1.29 is 0 Å². The summed E-state index contributed by atoms with van der Waals surface area (Å²) in [6, 6.07) is 36.5. The lowest BCUT2D eigenvalue weighted by atomic mass is 9.95. The second kappa shape index (κ2) is 9.76. The monoisotopic (exact) mass is 526 g/mol. The van der Waals surface area contributed by atoms with E-state index in [4.69, 9.17) is 4.98 Å². The third-order valence-electron chi connectivity index (χ3n) is 8.19. The Bertz CT molecular complexity index is 2260. The largest absolute Gasteiger partial charge is 0.292 e. The lowest BCUT2D eigenvalue weighted by Gasteiger charge is -2.13. The fourth-order valence-electron chi connectivity index (χ4n) is 5.94. The molecule has 0 amide bonds. The van der Waals surface area contributed by atoms with Crippen LogP contribution < -0.4 is 0 Å². The number of pyridine rings is 1. The summed E-state index contributed by atoms with van der Waals surface area (Å²) in [7, 11) is 0. The van der Waals surface area contributed by atoms with Crippen molar-refractivity contribution in [2.24, 2.45) is 0 Å². The Morgan fingerprint density at radius 2 is 1.56 bits per heavy atom. The van der Waals surface area contributed by atoms with E-state index in [1.807, 2.05) is 6.08 Å². The molecule has 0 radical (unpaired) electrons. The van der Waals surface area contributed by atoms with Crippen LogP contribution in [0.15, 0.2) is 140 Å². The predicted octanol–water partition coefficient (Wildman–Crippen LogP) is 10.5. The van der Waals surface area contributed by atoms with Crippen LogP contribution >= 0.6 is 0 Å². The van der Waals surface area contributed by atoms with Crippen molar-refractivity contribution in [2.45, 2.75) is 13.8 Å². The lowest BCUT2D eigenvalue weighted by Crippen LogP contribution is -1.94. The van der Waals surface area contributed by atoms with Gasteiger partial charge in [-0.3, -0.25) is 4.40 Å². The Balaban J connectivity index is 1.47. The molecule has 2 nitrogen and oxygen atoms in total. The summed E-state index contributed by atoms with van der Waals surface area (Å²) in [4.78, 5) is 5.13. The van der Waals surface area contributed by atoms with Crippen LogP contribution in [0.4, 0.5) is 0 Å². The van der Waals surface area contributed by atoms with E-state index in [-0.39, 0.29) is 0 Å². The molecule has 2 heterocycles. The summed E-state index contributed by atoms with van der Waals surface area (Å²) in [5.74, 6) is 0. The van der Waals surface area contributed by atoms with Gasteiger partial charge in [0.1, 0.15) is 5.65 Å². The van der Waals surface area contributed by atoms with E-state index in [0.29, 0.717) is 0 Å². The van der Waals surface area contributed by atoms with E-state index in [1.54, 1.807) is 0 Å². The highest BCUT2D eigenvalue weighted by Gasteiger charge is 2.16. The van der Waals surface area contributed by atoms with Gasteiger partial charge < -0.3 is 0 Å². The molecule has 196 valence electrons. The second-order valence-corrected chi connectivity index (χ2v) is 10.7. The molecule has 0 aliphatic carbocycles. The Labute approximate surface area is 239 Å². The minimum Gasteiger partial charge on any atom is -0.292 e. The number of para-hydroxylation sites is 2. The summed E-state index contributed by atoms with van der Waals surface area (Å²) in [6.45, 7) is 12.8. The van der Waals surface area contributed by atoms with Crippen molar-refractivity contribution in [1.82, 2.24) is 9.38 Å². The molecule has 7 rings (SSSR count). The van der Waals surface area contributed by atoms with E-state index in [9.17, 15) is 0 Å². The number of hydrogen-bond acceptors (Lipinski definition) is 1. The van der Waals surface area contributed by atoms with E-state index >= 15 is 0 Å². The molecule has 0 unspecified atom stereocenters. The number of allylic oxidation sites excluding steroid dienone is 5. The smallest absolute Gasteiger partial charge is 0.147 e. The van der Waals surface area contributed by atoms with Gasteiger partial charge >= 0.3 is 0 Å². The Morgan fingerprint density at radius 3 is 2.41 bits per heavy atom. The van der Waals surface area contributed by atoms with Crippen LogP contribution in [0, 0.1) is 6.92 Å². The summed E-state index contributed by atoms with van der Waals surface area (Å²) in [5, 5.41) is 5.98. The quantitative estimate of drug-likeness (QED) is 0.161. The zero-order chi connectivity index (χ0) is 28.1. The first-order chi connectivity index (χ1) is 20.0. The number of imidazole rings is 1. The molecular formula is C39H30N2. The number of fused-ring (bicyclic) bond motifs is 10. The lowest BCUT2D eigenvalue weighted by molar-refractivity contribution is 1.32. The fourth-order valence-corrected chi connectivity index (χ4v) is 5.94. The molecule has 0 aliphatic heterocycles. The fraction of sp³-hybridized carbons (Fsp3) is 0.0513. The number of aryl methyl sites for hydroxylation is 1. The number of nitrogens with zero attached hydrogens (tertiary/aromatic N) is 2. The van der Waals surface area contributed by atoms with E-state index in [2.05, 4.69) is 147 Å². The number of aromatic nitrogens is 2. The van der Waals surface area contributed by atoms with Gasteiger partial charge in [0, 0.05) is 10.8 Å². The molecule has 0 fully saturated rings. The minimum atomic E-state index is 0.968. The highest BCUT2D eigenvalue weighted by atomic mass is 15.0. The summed E-state index contributed by atoms with van der Waals surface area (Å²) >= 11 is 0. The molecule has 0 spiro atoms. The van der Waals surface area contributed by atoms with Crippen LogP contribution in [0.5, 0.6) is 0 Å². The predicted molar refractivity (Wildman–Crippen MR) is 177 cm³/mol. The molecule has 5 aromatic carbocycles. The molecule has 0 N–H and O–H groups in total. The third kappa shape index (κ3) is 4.08. The second-order valence-electron chi connectivity index (χ2n) is 10.7. The average Bonchev–Trinajstić information content (AvgIpc) is 3.40. The van der Waals surface area contributed by atoms with Gasteiger partial charge in [-0.05, 0) is 93.8 Å². The van der Waals surface area contributed by atoms with E-state index < -0.39 is 0 Å². The maximum absolute atomic E-state index is 5.13. The normalized spacial score (nSPS) is 12.6. The number of benzene rings is 5. The van der Waals surface area contributed by atoms with Crippen molar-refractivity contribution in [3.63, 3.8) is 0 Å². The van der Waals surface area contributed by atoms with Crippen LogP contribution in [-0.4, -0.2) is 9.38 Å². The van der Waals surface area contributed by atoms with Crippen molar-refractivity contribution in [3.8, 4) is 0 Å². The first-order valence-corrected chi connectivity index (χ1v) is 14.0. The van der Waals surface area contributed by atoms with E-state index in [0.717, 1.165) is 44.5 Å². The maximum Gasteiger partial charge on any atom is 0.147 e. The van der Waals surface area contributed by atoms with Crippen molar-refractivity contribution >= 4 is 60.8 Å². The van der Waals surface area contributed by atoms with Crippen molar-refractivity contribution in [3.05, 3.63) is 156 Å². The topological polar surface area (TPSA) is 17.3 Å². The van der Waals surface area contributed by atoms with Crippen molar-refractivity contribution in [2.75, 3.05) is 0 Å². The molecule has 7 aromatic rings. The number of rotatable bonds is 5. The van der Waals surface area contributed by atoms with E-state index in [1.165, 1.54) is 38.1 Å². The van der Waals surface area contributed by atoms with Gasteiger partial charge in [0.05, 0.1) is 16.6 Å². The first kappa shape index (κ1) is 24.8. The Hall–Kier alpha value is -5.21. The zero-order valence-corrected chi connectivity index (χ0v) is 23.4. The van der Waals surface area contributed by atoms with Gasteiger partial charge in [0.25, 0.3) is 0 Å². The van der Waals surface area contributed by atoms with Crippen LogP contribution in [-0.2, 0) is 0 Å². The van der Waals surface area contributed by atoms with Gasteiger partial charge in [-0.25, -0.2) is 4.98 Å². The van der Waals surface area contributed by atoms with Crippen LogP contribution in [0.2, 0.25) is 0 Å². The summed E-state index contributed by atoms with van der Waals surface area (Å²) in [6.07, 6.45) is 6.27. The van der Waals surface area contributed by atoms with Gasteiger partial charge in [-0.2, -0.15) is 0 Å². The minimum absolute atomic E-state index is 0.968. The molecule has 0 saturated carbocycles. The molecule has 2 heteroatoms. The highest BCUT2D eigenvalue weighted by Crippen LogP contribution is 2.37. The van der Waals surface area contributed by atoms with Gasteiger partial charge in [0.2, 0.25) is 0 Å². The molecule has 0 saturated heterocycles. The standard InChI is InChI=1S/C39H30N2/c1-5-28(22-26(3)27(4)23-30-14-7-6-12-25(30)2)31-19-21-36-34(24-31)33-20-18-29-13-8-9-15-32(29)38(33)39-40-35-16-10-11-17-37(35)41(36)39/h5-24H,1,3H2,2,4H3/b27-23+,28-22+. The highest BCUT2D eigenvalue weighted by molar-refractivity contribution is 6.23. The van der Waals surface area contributed by atoms with Crippen LogP contribution in [0.1, 0.15) is 23.6 Å². The maximum atomic E-state index is 5.13. The third-order valence-corrected chi connectivity index (χ3v) is 8.19. The molecule has 0 aliphatic rings. The molecule has 0 atom stereocenters. The SMILES string of the molecule is C=C/C(=C\C(=C)/C(C)=C/c1ccccc1C)c1ccc2c(c1)c1ccc3ccccc3c1c1nc3ccccc3n21. The van der Waals surface area contributed by atoms with Crippen LogP contribution in [0.25, 0.3) is 60.8 Å². The molecule has 0 bridgehead atoms. The van der Waals surface area contributed by atoms with Crippen molar-refractivity contribution in [1.29, 1.82) is 0 Å². The number of hydrogen-bond donors (Lipinski definition) is 0. The first-order valence-electron chi connectivity index (χ1n) is 14.0. The molecule has 41 heavy (non-hydrogen) atoms. The van der Waals surface area contributed by atoms with Gasteiger partial charge in [-0.15, -0.1) is 0 Å². The zero-order valence-electron chi connectivity index (χ0n) is 23.4. The molecule has 2 aromatic heterocycles. The Kier molecular flexibility index (Phi) is 5.91. The molecular weight excluding hydrogens is 496 g/mol. The summed E-state index contributed by atoms with van der Waals surface area (Å²) in [5.41, 5.74) is 10.9. The van der Waals surface area contributed by atoms with Gasteiger partial charge in [0.15, 0.2) is 0 Å². The average molecular weight is 527 g/mol. The summed E-state index contributed by atoms with van der Waals surface area (Å²) < 4.78 is 2.31. The van der Waals surface area contributed by atoms with Crippen LogP contribution in [0.3, 0.4) is 0 Å². The Morgan fingerprint density at radius 1 is 0.780 bits per heavy atom.